The highest BCUT2D eigenvalue weighted by molar-refractivity contribution is 7.80. The molecule has 6 heteroatoms. The molecule has 0 bridgehead atoms. The lowest BCUT2D eigenvalue weighted by Crippen LogP contribution is -2.36. The molecule has 0 aliphatic rings. The molecule has 0 amide bonds. The molecule has 2 aromatic carbocycles. The molecule has 25 heavy (non-hydrogen) atoms. The van der Waals surface area contributed by atoms with Crippen molar-refractivity contribution in [2.45, 2.75) is 6.54 Å². The molecule has 0 radical (unpaired) electrons. The highest BCUT2D eigenvalue weighted by atomic mass is 32.1. The van der Waals surface area contributed by atoms with Crippen LogP contribution in [0.1, 0.15) is 5.56 Å². The van der Waals surface area contributed by atoms with Crippen molar-refractivity contribution in [1.82, 2.24) is 4.90 Å². The topological polar surface area (TPSA) is 43.0 Å². The number of benzene rings is 2. The zero-order chi connectivity index (χ0) is 18.1. The number of rotatable bonds is 8. The highest BCUT2D eigenvalue weighted by Gasteiger charge is 2.11. The number of methoxy groups -OCH3 is 3. The van der Waals surface area contributed by atoms with Crippen LogP contribution in [0.15, 0.2) is 48.5 Å². The fourth-order valence-corrected chi connectivity index (χ4v) is 2.56. The van der Waals surface area contributed by atoms with Crippen molar-refractivity contribution < 1.29 is 14.2 Å². The number of nitrogens with zero attached hydrogens (tertiary/aromatic N) is 1. The fourth-order valence-electron chi connectivity index (χ4n) is 2.28. The van der Waals surface area contributed by atoms with Crippen LogP contribution in [-0.4, -0.2) is 44.5 Å². The first-order chi connectivity index (χ1) is 12.2. The largest absolute Gasteiger partial charge is 0.497 e. The fraction of sp³-hybridized carbons (Fsp3) is 0.316. The van der Waals surface area contributed by atoms with Crippen LogP contribution in [0.2, 0.25) is 0 Å². The van der Waals surface area contributed by atoms with Crippen LogP contribution in [-0.2, 0) is 11.3 Å². The molecule has 0 aliphatic carbocycles. The van der Waals surface area contributed by atoms with Gasteiger partial charge in [-0.05, 0) is 54.2 Å². The van der Waals surface area contributed by atoms with Crippen molar-refractivity contribution in [2.24, 2.45) is 0 Å². The molecule has 2 rings (SSSR count). The maximum atomic E-state index is 5.58. The van der Waals surface area contributed by atoms with Crippen molar-refractivity contribution in [1.29, 1.82) is 0 Å². The van der Waals surface area contributed by atoms with Crippen molar-refractivity contribution in [3.05, 3.63) is 54.1 Å². The Hall–Kier alpha value is -2.31. The monoisotopic (exact) mass is 360 g/mol. The molecule has 0 saturated carbocycles. The second kappa shape index (κ2) is 9.86. The summed E-state index contributed by atoms with van der Waals surface area (Å²) in [5, 5.41) is 3.92. The second-order valence-electron chi connectivity index (χ2n) is 5.42. The summed E-state index contributed by atoms with van der Waals surface area (Å²) in [6.07, 6.45) is 0. The first-order valence-corrected chi connectivity index (χ1v) is 8.39. The maximum Gasteiger partial charge on any atom is 0.173 e. The van der Waals surface area contributed by atoms with E-state index in [-0.39, 0.29) is 0 Å². The van der Waals surface area contributed by atoms with Crippen LogP contribution in [0.25, 0.3) is 0 Å². The normalized spacial score (nSPS) is 10.2. The molecule has 1 N–H and O–H groups in total. The smallest absolute Gasteiger partial charge is 0.173 e. The number of nitrogens with one attached hydrogen (secondary N) is 1. The minimum Gasteiger partial charge on any atom is -0.497 e. The highest BCUT2D eigenvalue weighted by Crippen LogP contribution is 2.17. The average Bonchev–Trinajstić information content (AvgIpc) is 2.66. The van der Waals surface area contributed by atoms with E-state index in [9.17, 15) is 0 Å². The third-order valence-electron chi connectivity index (χ3n) is 3.73. The van der Waals surface area contributed by atoms with E-state index in [1.165, 1.54) is 0 Å². The number of ether oxygens (including phenoxy) is 3. The van der Waals surface area contributed by atoms with E-state index in [1.807, 2.05) is 48.5 Å². The summed E-state index contributed by atoms with van der Waals surface area (Å²) < 4.78 is 15.6. The third kappa shape index (κ3) is 5.92. The third-order valence-corrected chi connectivity index (χ3v) is 4.09. The Morgan fingerprint density at radius 1 is 0.920 bits per heavy atom. The van der Waals surface area contributed by atoms with E-state index in [2.05, 4.69) is 10.2 Å². The van der Waals surface area contributed by atoms with E-state index in [0.717, 1.165) is 22.7 Å². The molecule has 0 heterocycles. The molecule has 2 aromatic rings. The molecule has 134 valence electrons. The predicted molar refractivity (Wildman–Crippen MR) is 104 cm³/mol. The lowest BCUT2D eigenvalue weighted by molar-refractivity contribution is 0.175. The Morgan fingerprint density at radius 3 is 2.00 bits per heavy atom. The first-order valence-electron chi connectivity index (χ1n) is 7.98. The SMILES string of the molecule is COCCN(Cc1ccc(OC)cc1)C(=S)Nc1ccc(OC)cc1. The van der Waals surface area contributed by atoms with Gasteiger partial charge in [-0.3, -0.25) is 0 Å². The number of thiocarbonyl (C=S) groups is 1. The lowest BCUT2D eigenvalue weighted by atomic mass is 10.2. The Labute approximate surface area is 154 Å². The van der Waals surface area contributed by atoms with Gasteiger partial charge < -0.3 is 24.4 Å². The van der Waals surface area contributed by atoms with Gasteiger partial charge in [0.25, 0.3) is 0 Å². The molecule has 0 saturated heterocycles. The zero-order valence-electron chi connectivity index (χ0n) is 14.8. The van der Waals surface area contributed by atoms with Crippen LogP contribution < -0.4 is 14.8 Å². The molecule has 0 aromatic heterocycles. The van der Waals surface area contributed by atoms with Gasteiger partial charge >= 0.3 is 0 Å². The molecule has 0 aliphatic heterocycles. The Bertz CT molecular complexity index is 659. The summed E-state index contributed by atoms with van der Waals surface area (Å²) in [7, 11) is 4.99. The predicted octanol–water partition coefficient (Wildman–Crippen LogP) is 3.55. The molecule has 0 unspecified atom stereocenters. The van der Waals surface area contributed by atoms with Gasteiger partial charge in [0.15, 0.2) is 5.11 Å². The van der Waals surface area contributed by atoms with E-state index in [1.54, 1.807) is 21.3 Å². The minimum atomic E-state index is 0.598. The summed E-state index contributed by atoms with van der Waals surface area (Å²) in [4.78, 5) is 2.07. The zero-order valence-corrected chi connectivity index (χ0v) is 15.6. The van der Waals surface area contributed by atoms with Gasteiger partial charge in [-0.15, -0.1) is 0 Å². The quantitative estimate of drug-likeness (QED) is 0.726. The van der Waals surface area contributed by atoms with Crippen molar-refractivity contribution in [3.63, 3.8) is 0 Å². The first kappa shape index (κ1) is 19.0. The van der Waals surface area contributed by atoms with Crippen molar-refractivity contribution in [2.75, 3.05) is 39.8 Å². The number of anilines is 1. The summed E-state index contributed by atoms with van der Waals surface area (Å²) in [5.74, 6) is 1.65. The molecule has 0 fully saturated rings. The Balaban J connectivity index is 2.04. The van der Waals surface area contributed by atoms with Gasteiger partial charge in [0.1, 0.15) is 11.5 Å². The molecular weight excluding hydrogens is 336 g/mol. The molecule has 0 atom stereocenters. The van der Waals surface area contributed by atoms with E-state index < -0.39 is 0 Å². The number of hydrogen-bond donors (Lipinski definition) is 1. The summed E-state index contributed by atoms with van der Waals surface area (Å²) in [6.45, 7) is 1.99. The Kier molecular flexibility index (Phi) is 7.50. The minimum absolute atomic E-state index is 0.598. The van der Waals surface area contributed by atoms with Gasteiger partial charge in [-0.1, -0.05) is 12.1 Å². The van der Waals surface area contributed by atoms with Crippen LogP contribution in [0, 0.1) is 0 Å². The van der Waals surface area contributed by atoms with Gasteiger partial charge in [-0.2, -0.15) is 0 Å². The van der Waals surface area contributed by atoms with Crippen LogP contribution >= 0.6 is 12.2 Å². The van der Waals surface area contributed by atoms with Crippen LogP contribution in [0.5, 0.6) is 11.5 Å². The molecule has 0 spiro atoms. The lowest BCUT2D eigenvalue weighted by Gasteiger charge is -2.26. The van der Waals surface area contributed by atoms with Crippen LogP contribution in [0.4, 0.5) is 5.69 Å². The van der Waals surface area contributed by atoms with Gasteiger partial charge in [-0.25, -0.2) is 0 Å². The van der Waals surface area contributed by atoms with Gasteiger partial charge in [0, 0.05) is 25.9 Å². The van der Waals surface area contributed by atoms with Crippen LogP contribution in [0.3, 0.4) is 0 Å². The van der Waals surface area contributed by atoms with Crippen molar-refractivity contribution in [3.8, 4) is 11.5 Å². The van der Waals surface area contributed by atoms with Crippen molar-refractivity contribution >= 4 is 23.0 Å². The van der Waals surface area contributed by atoms with E-state index >= 15 is 0 Å². The van der Waals surface area contributed by atoms with Gasteiger partial charge in [0.05, 0.1) is 20.8 Å². The second-order valence-corrected chi connectivity index (χ2v) is 5.81. The molecule has 5 nitrogen and oxygen atoms in total. The summed E-state index contributed by atoms with van der Waals surface area (Å²) in [5.41, 5.74) is 2.07. The molecular formula is C19H24N2O3S. The number of hydrogen-bond acceptors (Lipinski definition) is 4. The standard InChI is InChI=1S/C19H24N2O3S/c1-22-13-12-21(14-15-4-8-17(23-2)9-5-15)19(25)20-16-6-10-18(24-3)11-7-16/h4-11H,12-14H2,1-3H3,(H,20,25). The Morgan fingerprint density at radius 2 is 1.48 bits per heavy atom. The summed E-state index contributed by atoms with van der Waals surface area (Å²) >= 11 is 5.58. The summed E-state index contributed by atoms with van der Waals surface area (Å²) in [6, 6.07) is 15.6. The van der Waals surface area contributed by atoms with E-state index in [0.29, 0.717) is 24.8 Å². The average molecular weight is 360 g/mol. The van der Waals surface area contributed by atoms with Gasteiger partial charge in [0.2, 0.25) is 0 Å². The van der Waals surface area contributed by atoms with E-state index in [4.69, 9.17) is 26.4 Å². The maximum absolute atomic E-state index is 5.58.